The zero-order valence-corrected chi connectivity index (χ0v) is 6.22. The molecule has 9 heavy (non-hydrogen) atoms. The Morgan fingerprint density at radius 2 is 2.00 bits per heavy atom. The Balaban J connectivity index is 2.28. The summed E-state index contributed by atoms with van der Waals surface area (Å²) in [4.78, 5) is 0. The molecule has 3 N–H and O–H groups in total. The van der Waals surface area contributed by atoms with E-state index in [2.05, 4.69) is 19.3 Å². The standard InChI is InChI=1S/C7H16N2/c1-5(2)7(9-8)6-3-4-6/h5-7,9H,3-4,8H2,1-2H3. The lowest BCUT2D eigenvalue weighted by Gasteiger charge is -2.18. The lowest BCUT2D eigenvalue weighted by atomic mass is 10.0. The maximum Gasteiger partial charge on any atom is 0.0261 e. The summed E-state index contributed by atoms with van der Waals surface area (Å²) in [5.41, 5.74) is 2.86. The molecule has 0 aromatic carbocycles. The van der Waals surface area contributed by atoms with E-state index >= 15 is 0 Å². The highest BCUT2D eigenvalue weighted by molar-refractivity contribution is 4.86. The van der Waals surface area contributed by atoms with Crippen LogP contribution in [0.25, 0.3) is 0 Å². The Morgan fingerprint density at radius 3 is 2.11 bits per heavy atom. The van der Waals surface area contributed by atoms with Crippen LogP contribution in [0, 0.1) is 11.8 Å². The van der Waals surface area contributed by atoms with Crippen molar-refractivity contribution in [2.24, 2.45) is 17.7 Å². The fourth-order valence-corrected chi connectivity index (χ4v) is 1.33. The van der Waals surface area contributed by atoms with E-state index in [1.54, 1.807) is 0 Å². The second-order valence-electron chi connectivity index (χ2n) is 3.27. The second kappa shape index (κ2) is 2.67. The smallest absolute Gasteiger partial charge is 0.0261 e. The van der Waals surface area contributed by atoms with Gasteiger partial charge in [0.15, 0.2) is 0 Å². The molecule has 0 bridgehead atoms. The average molecular weight is 128 g/mol. The third-order valence-corrected chi connectivity index (χ3v) is 2.04. The molecular formula is C7H16N2. The summed E-state index contributed by atoms with van der Waals surface area (Å²) in [5.74, 6) is 6.92. The molecule has 0 heterocycles. The Labute approximate surface area is 56.8 Å². The van der Waals surface area contributed by atoms with Gasteiger partial charge in [0, 0.05) is 6.04 Å². The molecule has 1 unspecified atom stereocenters. The summed E-state index contributed by atoms with van der Waals surface area (Å²) in [5, 5.41) is 0. The third kappa shape index (κ3) is 1.66. The van der Waals surface area contributed by atoms with E-state index in [1.807, 2.05) is 0 Å². The van der Waals surface area contributed by atoms with Crippen LogP contribution in [0.4, 0.5) is 0 Å². The van der Waals surface area contributed by atoms with Crippen LogP contribution in [-0.2, 0) is 0 Å². The van der Waals surface area contributed by atoms with Crippen LogP contribution < -0.4 is 11.3 Å². The molecule has 0 radical (unpaired) electrons. The predicted octanol–water partition coefficient (Wildman–Crippen LogP) is 0.884. The molecule has 1 aliphatic carbocycles. The molecule has 0 spiro atoms. The predicted molar refractivity (Wildman–Crippen MR) is 38.7 cm³/mol. The van der Waals surface area contributed by atoms with Crippen molar-refractivity contribution in [3.63, 3.8) is 0 Å². The minimum Gasteiger partial charge on any atom is -0.271 e. The number of nitrogens with one attached hydrogen (secondary N) is 1. The van der Waals surface area contributed by atoms with Crippen molar-refractivity contribution in [2.45, 2.75) is 32.7 Å². The number of hydrogen-bond donors (Lipinski definition) is 2. The second-order valence-corrected chi connectivity index (χ2v) is 3.27. The van der Waals surface area contributed by atoms with Gasteiger partial charge in [0.1, 0.15) is 0 Å². The Bertz CT molecular complexity index is 84.9. The molecule has 54 valence electrons. The van der Waals surface area contributed by atoms with Crippen molar-refractivity contribution in [1.82, 2.24) is 5.43 Å². The first-order valence-corrected chi connectivity index (χ1v) is 3.72. The van der Waals surface area contributed by atoms with Gasteiger partial charge in [-0.05, 0) is 24.7 Å². The monoisotopic (exact) mass is 128 g/mol. The molecule has 1 rings (SSSR count). The van der Waals surface area contributed by atoms with E-state index < -0.39 is 0 Å². The maximum atomic E-state index is 5.36. The van der Waals surface area contributed by atoms with E-state index in [0.717, 1.165) is 5.92 Å². The molecule has 2 heteroatoms. The van der Waals surface area contributed by atoms with Crippen LogP contribution in [0.5, 0.6) is 0 Å². The summed E-state index contributed by atoms with van der Waals surface area (Å²) in [6, 6.07) is 0.560. The van der Waals surface area contributed by atoms with E-state index in [9.17, 15) is 0 Å². The SMILES string of the molecule is CC(C)C(NN)C1CC1. The number of hydrazine groups is 1. The van der Waals surface area contributed by atoms with Gasteiger partial charge in [0.2, 0.25) is 0 Å². The molecule has 0 saturated heterocycles. The zero-order valence-electron chi connectivity index (χ0n) is 6.22. The van der Waals surface area contributed by atoms with Gasteiger partial charge in [-0.25, -0.2) is 0 Å². The van der Waals surface area contributed by atoms with Gasteiger partial charge in [-0.2, -0.15) is 0 Å². The average Bonchev–Trinajstić information content (AvgIpc) is 2.50. The quantitative estimate of drug-likeness (QED) is 0.437. The maximum absolute atomic E-state index is 5.36. The molecule has 0 aliphatic heterocycles. The van der Waals surface area contributed by atoms with Gasteiger partial charge >= 0.3 is 0 Å². The van der Waals surface area contributed by atoms with Gasteiger partial charge in [-0.1, -0.05) is 13.8 Å². The van der Waals surface area contributed by atoms with Crippen LogP contribution in [0.2, 0.25) is 0 Å². The van der Waals surface area contributed by atoms with E-state index in [-0.39, 0.29) is 0 Å². The summed E-state index contributed by atoms with van der Waals surface area (Å²) in [6.45, 7) is 4.42. The fourth-order valence-electron chi connectivity index (χ4n) is 1.33. The minimum absolute atomic E-state index is 0.560. The first-order valence-electron chi connectivity index (χ1n) is 3.72. The first kappa shape index (κ1) is 7.03. The van der Waals surface area contributed by atoms with Crippen molar-refractivity contribution in [3.05, 3.63) is 0 Å². The highest BCUT2D eigenvalue weighted by atomic mass is 15.2. The highest BCUT2D eigenvalue weighted by Gasteiger charge is 2.31. The largest absolute Gasteiger partial charge is 0.271 e. The van der Waals surface area contributed by atoms with Crippen LogP contribution in [0.1, 0.15) is 26.7 Å². The van der Waals surface area contributed by atoms with Crippen molar-refractivity contribution < 1.29 is 0 Å². The molecule has 2 nitrogen and oxygen atoms in total. The number of rotatable bonds is 3. The molecular weight excluding hydrogens is 112 g/mol. The van der Waals surface area contributed by atoms with E-state index in [0.29, 0.717) is 12.0 Å². The summed E-state index contributed by atoms with van der Waals surface area (Å²) in [7, 11) is 0. The van der Waals surface area contributed by atoms with Gasteiger partial charge < -0.3 is 0 Å². The summed E-state index contributed by atoms with van der Waals surface area (Å²) >= 11 is 0. The third-order valence-electron chi connectivity index (χ3n) is 2.04. The van der Waals surface area contributed by atoms with Crippen molar-refractivity contribution in [1.29, 1.82) is 0 Å². The lowest BCUT2D eigenvalue weighted by Crippen LogP contribution is -2.40. The summed E-state index contributed by atoms with van der Waals surface area (Å²) < 4.78 is 0. The van der Waals surface area contributed by atoms with Crippen molar-refractivity contribution in [2.75, 3.05) is 0 Å². The molecule has 1 saturated carbocycles. The Hall–Kier alpha value is -0.0800. The van der Waals surface area contributed by atoms with Crippen LogP contribution in [0.15, 0.2) is 0 Å². The molecule has 1 atom stereocenters. The zero-order chi connectivity index (χ0) is 6.85. The van der Waals surface area contributed by atoms with Gasteiger partial charge in [0.25, 0.3) is 0 Å². The van der Waals surface area contributed by atoms with Crippen LogP contribution in [0.3, 0.4) is 0 Å². The molecule has 0 aromatic rings. The minimum atomic E-state index is 0.560. The number of hydrogen-bond acceptors (Lipinski definition) is 2. The van der Waals surface area contributed by atoms with E-state index in [4.69, 9.17) is 5.84 Å². The fraction of sp³-hybridized carbons (Fsp3) is 1.00. The molecule has 1 aliphatic rings. The van der Waals surface area contributed by atoms with Crippen LogP contribution in [-0.4, -0.2) is 6.04 Å². The highest BCUT2D eigenvalue weighted by Crippen LogP contribution is 2.35. The van der Waals surface area contributed by atoms with Crippen LogP contribution >= 0.6 is 0 Å². The van der Waals surface area contributed by atoms with Gasteiger partial charge in [-0.3, -0.25) is 11.3 Å². The molecule has 0 aromatic heterocycles. The van der Waals surface area contributed by atoms with E-state index in [1.165, 1.54) is 12.8 Å². The topological polar surface area (TPSA) is 38.0 Å². The Morgan fingerprint density at radius 1 is 1.44 bits per heavy atom. The normalized spacial score (nSPS) is 22.7. The van der Waals surface area contributed by atoms with Crippen molar-refractivity contribution >= 4 is 0 Å². The number of nitrogens with two attached hydrogens (primary N) is 1. The van der Waals surface area contributed by atoms with Gasteiger partial charge in [0.05, 0.1) is 0 Å². The molecule has 0 amide bonds. The first-order chi connectivity index (χ1) is 4.25. The lowest BCUT2D eigenvalue weighted by molar-refractivity contribution is 0.367. The van der Waals surface area contributed by atoms with Gasteiger partial charge in [-0.15, -0.1) is 0 Å². The molecule has 1 fully saturated rings. The summed E-state index contributed by atoms with van der Waals surface area (Å²) in [6.07, 6.45) is 2.74. The van der Waals surface area contributed by atoms with Crippen molar-refractivity contribution in [3.8, 4) is 0 Å². The Kier molecular flexibility index (Phi) is 2.09.